The van der Waals surface area contributed by atoms with E-state index < -0.39 is 6.36 Å². The van der Waals surface area contributed by atoms with Gasteiger partial charge in [-0.3, -0.25) is 4.79 Å². The van der Waals surface area contributed by atoms with Gasteiger partial charge in [0, 0.05) is 6.42 Å². The van der Waals surface area contributed by atoms with E-state index in [2.05, 4.69) is 4.74 Å². The number of carbonyl (C=O) groups excluding carboxylic acids is 1. The van der Waals surface area contributed by atoms with Gasteiger partial charge in [-0.1, -0.05) is 12.1 Å². The number of benzene rings is 1. The number of hydrogen-bond acceptors (Lipinski definition) is 3. The molecule has 0 radical (unpaired) electrons. The Kier molecular flexibility index (Phi) is 5.20. The summed E-state index contributed by atoms with van der Waals surface area (Å²) < 4.78 is 45.2. The van der Waals surface area contributed by atoms with Crippen molar-refractivity contribution in [2.45, 2.75) is 33.1 Å². The summed E-state index contributed by atoms with van der Waals surface area (Å²) in [6, 6.07) is 4.49. The van der Waals surface area contributed by atoms with Crippen LogP contribution in [-0.2, 0) is 16.0 Å². The SMILES string of the molecule is CCOC(=O)CCc1ccc(C)c(OC(F)(F)F)c1. The summed E-state index contributed by atoms with van der Waals surface area (Å²) in [6.07, 6.45) is -4.28. The van der Waals surface area contributed by atoms with Gasteiger partial charge in [0.25, 0.3) is 0 Å². The average molecular weight is 276 g/mol. The fraction of sp³-hybridized carbons (Fsp3) is 0.462. The van der Waals surface area contributed by atoms with Crippen molar-refractivity contribution in [1.82, 2.24) is 0 Å². The van der Waals surface area contributed by atoms with E-state index in [0.29, 0.717) is 17.5 Å². The highest BCUT2D eigenvalue weighted by Crippen LogP contribution is 2.27. The van der Waals surface area contributed by atoms with Crippen LogP contribution in [0.5, 0.6) is 5.75 Å². The van der Waals surface area contributed by atoms with Crippen molar-refractivity contribution >= 4 is 5.97 Å². The van der Waals surface area contributed by atoms with E-state index >= 15 is 0 Å². The standard InChI is InChI=1S/C13H15F3O3/c1-3-18-12(17)7-6-10-5-4-9(2)11(8-10)19-13(14,15)16/h4-5,8H,3,6-7H2,1-2H3. The molecule has 0 heterocycles. The molecule has 0 aliphatic heterocycles. The number of halogens is 3. The first-order valence-corrected chi connectivity index (χ1v) is 5.82. The molecule has 6 heteroatoms. The molecule has 0 saturated carbocycles. The Hall–Kier alpha value is -1.72. The second kappa shape index (κ2) is 6.45. The zero-order valence-electron chi connectivity index (χ0n) is 10.7. The Labute approximate surface area is 109 Å². The van der Waals surface area contributed by atoms with Crippen LogP contribution in [0.25, 0.3) is 0 Å². The van der Waals surface area contributed by atoms with Gasteiger partial charge in [0.05, 0.1) is 6.61 Å². The number of hydrogen-bond donors (Lipinski definition) is 0. The first-order chi connectivity index (χ1) is 8.81. The van der Waals surface area contributed by atoms with E-state index in [1.165, 1.54) is 19.1 Å². The molecule has 106 valence electrons. The molecule has 1 aromatic carbocycles. The lowest BCUT2D eigenvalue weighted by Gasteiger charge is -2.12. The Morgan fingerprint density at radius 1 is 1.32 bits per heavy atom. The van der Waals surface area contributed by atoms with Gasteiger partial charge in [0.2, 0.25) is 0 Å². The quantitative estimate of drug-likeness (QED) is 0.773. The second-order valence-corrected chi connectivity index (χ2v) is 3.95. The summed E-state index contributed by atoms with van der Waals surface area (Å²) in [5.41, 5.74) is 0.982. The summed E-state index contributed by atoms with van der Waals surface area (Å²) in [4.78, 5) is 11.2. The van der Waals surface area contributed by atoms with Crippen LogP contribution in [0.1, 0.15) is 24.5 Å². The number of alkyl halides is 3. The summed E-state index contributed by atoms with van der Waals surface area (Å²) in [5, 5.41) is 0. The second-order valence-electron chi connectivity index (χ2n) is 3.95. The Morgan fingerprint density at radius 3 is 2.58 bits per heavy atom. The lowest BCUT2D eigenvalue weighted by molar-refractivity contribution is -0.274. The van der Waals surface area contributed by atoms with Crippen molar-refractivity contribution in [2.24, 2.45) is 0 Å². The van der Waals surface area contributed by atoms with Gasteiger partial charge >= 0.3 is 12.3 Å². The van der Waals surface area contributed by atoms with E-state index in [4.69, 9.17) is 4.74 Å². The van der Waals surface area contributed by atoms with E-state index in [9.17, 15) is 18.0 Å². The number of ether oxygens (including phenoxy) is 2. The van der Waals surface area contributed by atoms with E-state index in [1.807, 2.05) is 0 Å². The number of rotatable bonds is 5. The molecule has 0 aliphatic rings. The molecule has 0 spiro atoms. The lowest BCUT2D eigenvalue weighted by Crippen LogP contribution is -2.18. The maximum Gasteiger partial charge on any atom is 0.573 e. The van der Waals surface area contributed by atoms with Crippen LogP contribution in [-0.4, -0.2) is 18.9 Å². The smallest absolute Gasteiger partial charge is 0.466 e. The third-order valence-corrected chi connectivity index (χ3v) is 2.40. The Bertz CT molecular complexity index is 441. The van der Waals surface area contributed by atoms with Crippen LogP contribution < -0.4 is 4.74 Å². The molecule has 0 N–H and O–H groups in total. The van der Waals surface area contributed by atoms with E-state index in [0.717, 1.165) is 0 Å². The van der Waals surface area contributed by atoms with Crippen LogP contribution in [0.15, 0.2) is 18.2 Å². The molecule has 0 bridgehead atoms. The van der Waals surface area contributed by atoms with Gasteiger partial charge in [-0.25, -0.2) is 0 Å². The van der Waals surface area contributed by atoms with E-state index in [1.54, 1.807) is 13.0 Å². The fourth-order valence-electron chi connectivity index (χ4n) is 1.51. The topological polar surface area (TPSA) is 35.5 Å². The third kappa shape index (κ3) is 5.63. The molecule has 1 aromatic rings. The molecule has 0 fully saturated rings. The highest BCUT2D eigenvalue weighted by molar-refractivity contribution is 5.69. The lowest BCUT2D eigenvalue weighted by atomic mass is 10.1. The molecule has 0 aromatic heterocycles. The Balaban J connectivity index is 2.71. The molecule has 3 nitrogen and oxygen atoms in total. The fourth-order valence-corrected chi connectivity index (χ4v) is 1.51. The van der Waals surface area contributed by atoms with Crippen molar-refractivity contribution in [3.8, 4) is 5.75 Å². The maximum atomic E-state index is 12.2. The van der Waals surface area contributed by atoms with E-state index in [-0.39, 0.29) is 24.7 Å². The normalized spacial score (nSPS) is 11.2. The highest BCUT2D eigenvalue weighted by atomic mass is 19.4. The third-order valence-electron chi connectivity index (χ3n) is 2.40. The summed E-state index contributed by atoms with van der Waals surface area (Å²) in [6.45, 7) is 3.50. The molecule has 0 saturated heterocycles. The summed E-state index contributed by atoms with van der Waals surface area (Å²) >= 11 is 0. The van der Waals surface area contributed by atoms with Gasteiger partial charge in [0.15, 0.2) is 0 Å². The molecule has 0 aliphatic carbocycles. The molecule has 0 amide bonds. The van der Waals surface area contributed by atoms with Crippen molar-refractivity contribution < 1.29 is 27.4 Å². The summed E-state index contributed by atoms with van der Waals surface area (Å²) in [5.74, 6) is -0.616. The molecular weight excluding hydrogens is 261 g/mol. The first kappa shape index (κ1) is 15.3. The zero-order chi connectivity index (χ0) is 14.5. The van der Waals surface area contributed by atoms with Crippen molar-refractivity contribution in [3.63, 3.8) is 0 Å². The Morgan fingerprint density at radius 2 is 2.00 bits per heavy atom. The number of carbonyl (C=O) groups is 1. The zero-order valence-corrected chi connectivity index (χ0v) is 10.7. The maximum absolute atomic E-state index is 12.2. The molecule has 0 atom stereocenters. The molecular formula is C13H15F3O3. The van der Waals surface area contributed by atoms with Gasteiger partial charge in [-0.05, 0) is 37.5 Å². The van der Waals surface area contributed by atoms with Crippen LogP contribution in [0, 0.1) is 6.92 Å². The minimum absolute atomic E-state index is 0.127. The van der Waals surface area contributed by atoms with Crippen LogP contribution in [0.2, 0.25) is 0 Å². The van der Waals surface area contributed by atoms with Gasteiger partial charge in [-0.2, -0.15) is 0 Å². The van der Waals surface area contributed by atoms with Gasteiger partial charge in [-0.15, -0.1) is 13.2 Å². The number of esters is 1. The van der Waals surface area contributed by atoms with Crippen LogP contribution in [0.3, 0.4) is 0 Å². The largest absolute Gasteiger partial charge is 0.573 e. The highest BCUT2D eigenvalue weighted by Gasteiger charge is 2.31. The molecule has 1 rings (SSSR count). The van der Waals surface area contributed by atoms with Crippen molar-refractivity contribution in [1.29, 1.82) is 0 Å². The van der Waals surface area contributed by atoms with Gasteiger partial charge in [0.1, 0.15) is 5.75 Å². The monoisotopic (exact) mass is 276 g/mol. The average Bonchev–Trinajstić information content (AvgIpc) is 2.29. The minimum Gasteiger partial charge on any atom is -0.466 e. The van der Waals surface area contributed by atoms with Crippen molar-refractivity contribution in [2.75, 3.05) is 6.61 Å². The number of aryl methyl sites for hydroxylation is 2. The first-order valence-electron chi connectivity index (χ1n) is 5.82. The molecule has 19 heavy (non-hydrogen) atoms. The predicted octanol–water partition coefficient (Wildman–Crippen LogP) is 3.39. The summed E-state index contributed by atoms with van der Waals surface area (Å²) in [7, 11) is 0. The molecule has 0 unspecified atom stereocenters. The van der Waals surface area contributed by atoms with Crippen LogP contribution >= 0.6 is 0 Å². The van der Waals surface area contributed by atoms with Crippen LogP contribution in [0.4, 0.5) is 13.2 Å². The minimum atomic E-state index is -4.72. The van der Waals surface area contributed by atoms with Crippen molar-refractivity contribution in [3.05, 3.63) is 29.3 Å². The predicted molar refractivity (Wildman–Crippen MR) is 62.8 cm³/mol. The van der Waals surface area contributed by atoms with Gasteiger partial charge < -0.3 is 9.47 Å².